The minimum Gasteiger partial charge on any atom is -0.388 e. The standard InChI is InChI=1S/C17H22N2O2/c1-12(2)10-17(3,21)11-19-16(20)14-6-4-8-15-13(14)7-5-9-18-15/h4-9,12,21H,10-11H2,1-3H3,(H,19,20). The van der Waals surface area contributed by atoms with Gasteiger partial charge in [0.15, 0.2) is 0 Å². The van der Waals surface area contributed by atoms with Crippen molar-refractivity contribution in [3.63, 3.8) is 0 Å². The van der Waals surface area contributed by atoms with Gasteiger partial charge in [0.05, 0.1) is 11.1 Å². The normalized spacial score (nSPS) is 14.1. The first-order valence-electron chi connectivity index (χ1n) is 7.23. The van der Waals surface area contributed by atoms with E-state index in [4.69, 9.17) is 0 Å². The number of aliphatic hydroxyl groups is 1. The molecule has 1 aromatic heterocycles. The summed E-state index contributed by atoms with van der Waals surface area (Å²) in [5.74, 6) is 0.191. The fraction of sp³-hybridized carbons (Fsp3) is 0.412. The van der Waals surface area contributed by atoms with Gasteiger partial charge in [0.25, 0.3) is 5.91 Å². The van der Waals surface area contributed by atoms with Gasteiger partial charge in [-0.25, -0.2) is 0 Å². The van der Waals surface area contributed by atoms with Gasteiger partial charge in [-0.15, -0.1) is 0 Å². The molecule has 0 aliphatic rings. The summed E-state index contributed by atoms with van der Waals surface area (Å²) in [6, 6.07) is 9.16. The number of aromatic nitrogens is 1. The summed E-state index contributed by atoms with van der Waals surface area (Å²) in [4.78, 5) is 16.6. The SMILES string of the molecule is CC(C)CC(C)(O)CNC(=O)c1cccc2ncccc12. The molecule has 112 valence electrons. The Morgan fingerprint density at radius 1 is 1.33 bits per heavy atom. The maximum absolute atomic E-state index is 12.3. The molecule has 0 aliphatic carbocycles. The van der Waals surface area contributed by atoms with Crippen molar-refractivity contribution in [2.45, 2.75) is 32.8 Å². The summed E-state index contributed by atoms with van der Waals surface area (Å²) in [6.45, 7) is 6.08. The molecule has 0 spiro atoms. The van der Waals surface area contributed by atoms with Gasteiger partial charge in [-0.1, -0.05) is 26.0 Å². The minimum atomic E-state index is -0.896. The van der Waals surface area contributed by atoms with Crippen molar-refractivity contribution in [2.75, 3.05) is 6.54 Å². The van der Waals surface area contributed by atoms with Gasteiger partial charge in [-0.05, 0) is 37.5 Å². The molecule has 1 heterocycles. The molecule has 1 unspecified atom stereocenters. The molecule has 4 heteroatoms. The van der Waals surface area contributed by atoms with Crippen molar-refractivity contribution in [2.24, 2.45) is 5.92 Å². The van der Waals surface area contributed by atoms with Crippen LogP contribution in [0.1, 0.15) is 37.6 Å². The van der Waals surface area contributed by atoms with Gasteiger partial charge < -0.3 is 10.4 Å². The number of pyridine rings is 1. The van der Waals surface area contributed by atoms with E-state index in [-0.39, 0.29) is 12.5 Å². The lowest BCUT2D eigenvalue weighted by Gasteiger charge is -2.25. The highest BCUT2D eigenvalue weighted by Gasteiger charge is 2.23. The van der Waals surface area contributed by atoms with E-state index in [9.17, 15) is 9.90 Å². The maximum atomic E-state index is 12.3. The first kappa shape index (κ1) is 15.4. The molecule has 2 rings (SSSR count). The van der Waals surface area contributed by atoms with Crippen LogP contribution in [-0.4, -0.2) is 28.1 Å². The van der Waals surface area contributed by atoms with Crippen LogP contribution in [-0.2, 0) is 0 Å². The topological polar surface area (TPSA) is 62.2 Å². The van der Waals surface area contributed by atoms with E-state index in [0.717, 1.165) is 10.9 Å². The molecule has 2 aromatic rings. The number of nitrogens with zero attached hydrogens (tertiary/aromatic N) is 1. The van der Waals surface area contributed by atoms with Crippen LogP contribution in [0.15, 0.2) is 36.5 Å². The number of rotatable bonds is 5. The van der Waals surface area contributed by atoms with Crippen LogP contribution in [0.5, 0.6) is 0 Å². The second-order valence-electron chi connectivity index (χ2n) is 6.15. The second kappa shape index (κ2) is 6.22. The van der Waals surface area contributed by atoms with Gasteiger partial charge in [-0.3, -0.25) is 9.78 Å². The molecular formula is C17H22N2O2. The molecule has 0 saturated carbocycles. The summed E-state index contributed by atoms with van der Waals surface area (Å²) in [6.07, 6.45) is 2.35. The molecule has 1 amide bonds. The van der Waals surface area contributed by atoms with Gasteiger partial charge in [0, 0.05) is 23.7 Å². The van der Waals surface area contributed by atoms with Crippen LogP contribution in [0.4, 0.5) is 0 Å². The summed E-state index contributed by atoms with van der Waals surface area (Å²) in [5.41, 5.74) is 0.479. The fourth-order valence-corrected chi connectivity index (χ4v) is 2.62. The Hall–Kier alpha value is -1.94. The summed E-state index contributed by atoms with van der Waals surface area (Å²) < 4.78 is 0. The van der Waals surface area contributed by atoms with E-state index >= 15 is 0 Å². The Bertz CT molecular complexity index is 630. The minimum absolute atomic E-state index is 0.183. The number of benzene rings is 1. The Labute approximate surface area is 125 Å². The van der Waals surface area contributed by atoms with Crippen LogP contribution in [0.2, 0.25) is 0 Å². The Morgan fingerprint density at radius 2 is 2.10 bits per heavy atom. The average molecular weight is 286 g/mol. The number of amides is 1. The van der Waals surface area contributed by atoms with Gasteiger partial charge >= 0.3 is 0 Å². The van der Waals surface area contributed by atoms with Crippen molar-refractivity contribution in [3.05, 3.63) is 42.1 Å². The Morgan fingerprint density at radius 3 is 2.81 bits per heavy atom. The van der Waals surface area contributed by atoms with Crippen molar-refractivity contribution < 1.29 is 9.90 Å². The van der Waals surface area contributed by atoms with E-state index < -0.39 is 5.60 Å². The zero-order valence-corrected chi connectivity index (χ0v) is 12.8. The van der Waals surface area contributed by atoms with Crippen LogP contribution in [0.25, 0.3) is 10.9 Å². The molecule has 1 atom stereocenters. The van der Waals surface area contributed by atoms with Crippen LogP contribution in [0.3, 0.4) is 0 Å². The largest absolute Gasteiger partial charge is 0.388 e. The number of hydrogen-bond acceptors (Lipinski definition) is 3. The number of fused-ring (bicyclic) bond motifs is 1. The third-order valence-electron chi connectivity index (χ3n) is 3.37. The van der Waals surface area contributed by atoms with Gasteiger partial charge in [0.2, 0.25) is 0 Å². The Kier molecular flexibility index (Phi) is 4.58. The quantitative estimate of drug-likeness (QED) is 0.888. The molecule has 0 bridgehead atoms. The lowest BCUT2D eigenvalue weighted by Crippen LogP contribution is -2.41. The molecule has 1 aromatic carbocycles. The van der Waals surface area contributed by atoms with E-state index in [1.165, 1.54) is 0 Å². The molecule has 0 aliphatic heterocycles. The summed E-state index contributed by atoms with van der Waals surface area (Å²) in [5, 5.41) is 13.9. The third-order valence-corrected chi connectivity index (χ3v) is 3.37. The molecule has 0 fully saturated rings. The highest BCUT2D eigenvalue weighted by atomic mass is 16.3. The van der Waals surface area contributed by atoms with Crippen molar-refractivity contribution in [1.29, 1.82) is 0 Å². The molecule has 21 heavy (non-hydrogen) atoms. The molecule has 0 saturated heterocycles. The van der Waals surface area contributed by atoms with E-state index in [2.05, 4.69) is 10.3 Å². The molecule has 0 radical (unpaired) electrons. The van der Waals surface area contributed by atoms with Crippen molar-refractivity contribution in [1.82, 2.24) is 10.3 Å². The lowest BCUT2D eigenvalue weighted by atomic mass is 9.94. The predicted molar refractivity (Wildman–Crippen MR) is 84.2 cm³/mol. The number of hydrogen-bond donors (Lipinski definition) is 2. The monoisotopic (exact) mass is 286 g/mol. The van der Waals surface area contributed by atoms with Gasteiger partial charge in [0.1, 0.15) is 0 Å². The summed E-state index contributed by atoms with van der Waals surface area (Å²) >= 11 is 0. The lowest BCUT2D eigenvalue weighted by molar-refractivity contribution is 0.0368. The highest BCUT2D eigenvalue weighted by Crippen LogP contribution is 2.18. The van der Waals surface area contributed by atoms with Crippen LogP contribution >= 0.6 is 0 Å². The third kappa shape index (κ3) is 4.02. The van der Waals surface area contributed by atoms with Crippen molar-refractivity contribution in [3.8, 4) is 0 Å². The zero-order valence-electron chi connectivity index (χ0n) is 12.8. The van der Waals surface area contributed by atoms with Crippen molar-refractivity contribution >= 4 is 16.8 Å². The first-order chi connectivity index (χ1) is 9.89. The van der Waals surface area contributed by atoms with Crippen LogP contribution < -0.4 is 5.32 Å². The number of carbonyl (C=O) groups excluding carboxylic acids is 1. The molecule has 2 N–H and O–H groups in total. The van der Waals surface area contributed by atoms with Gasteiger partial charge in [-0.2, -0.15) is 0 Å². The second-order valence-corrected chi connectivity index (χ2v) is 6.15. The number of carbonyl (C=O) groups is 1. The molecule has 4 nitrogen and oxygen atoms in total. The fourth-order valence-electron chi connectivity index (χ4n) is 2.62. The average Bonchev–Trinajstić information content (AvgIpc) is 2.43. The van der Waals surface area contributed by atoms with E-state index in [1.807, 2.05) is 38.1 Å². The smallest absolute Gasteiger partial charge is 0.252 e. The predicted octanol–water partition coefficient (Wildman–Crippen LogP) is 2.76. The van der Waals surface area contributed by atoms with Crippen LogP contribution in [0, 0.1) is 5.92 Å². The number of nitrogens with one attached hydrogen (secondary N) is 1. The van der Waals surface area contributed by atoms with E-state index in [0.29, 0.717) is 17.9 Å². The molecular weight excluding hydrogens is 264 g/mol. The highest BCUT2D eigenvalue weighted by molar-refractivity contribution is 6.06. The maximum Gasteiger partial charge on any atom is 0.252 e. The van der Waals surface area contributed by atoms with E-state index in [1.54, 1.807) is 19.2 Å². The summed E-state index contributed by atoms with van der Waals surface area (Å²) in [7, 11) is 0. The zero-order chi connectivity index (χ0) is 15.5. The first-order valence-corrected chi connectivity index (χ1v) is 7.23. The Balaban J connectivity index is 2.13.